The molecule has 12 nitrogen and oxygen atoms in total. The third kappa shape index (κ3) is 8.14. The summed E-state index contributed by atoms with van der Waals surface area (Å²) in [7, 11) is 0. The number of hydrogen-bond acceptors (Lipinski definition) is 9. The van der Waals surface area contributed by atoms with Crippen LogP contribution in [0, 0.1) is 5.92 Å². The third-order valence-electron chi connectivity index (χ3n) is 8.25. The highest BCUT2D eigenvalue weighted by Crippen LogP contribution is 2.35. The Kier molecular flexibility index (Phi) is 10.3. The number of benzene rings is 2. The van der Waals surface area contributed by atoms with Crippen molar-refractivity contribution in [2.75, 3.05) is 24.1 Å². The zero-order valence-electron chi connectivity index (χ0n) is 26.1. The molecule has 5 rings (SSSR count). The Labute approximate surface area is 263 Å². The van der Waals surface area contributed by atoms with Crippen molar-refractivity contribution < 1.29 is 19.7 Å². The van der Waals surface area contributed by atoms with E-state index in [0.29, 0.717) is 37.2 Å². The average Bonchev–Trinajstić information content (AvgIpc) is 3.57. The minimum atomic E-state index is -1.18. The Morgan fingerprint density at radius 1 is 1.04 bits per heavy atom. The lowest BCUT2D eigenvalue weighted by Gasteiger charge is -2.23. The van der Waals surface area contributed by atoms with Crippen molar-refractivity contribution >= 4 is 28.7 Å². The van der Waals surface area contributed by atoms with E-state index in [1.165, 1.54) is 23.8 Å². The number of anilines is 2. The molecular formula is C33H44N8O4. The average molecular weight is 617 g/mol. The third-order valence-corrected chi connectivity index (χ3v) is 8.25. The number of carbonyl (C=O) groups excluding carboxylic acids is 1. The number of nitrogens with zero attached hydrogens (tertiary/aromatic N) is 4. The molecule has 0 radical (unpaired) electrons. The fraction of sp³-hybridized carbons (Fsp3) is 0.455. The monoisotopic (exact) mass is 616 g/mol. The van der Waals surface area contributed by atoms with Gasteiger partial charge in [0, 0.05) is 18.8 Å². The van der Waals surface area contributed by atoms with Crippen LogP contribution in [-0.2, 0) is 16.7 Å². The van der Waals surface area contributed by atoms with Crippen molar-refractivity contribution in [1.82, 2.24) is 30.2 Å². The second-order valence-electron chi connectivity index (χ2n) is 12.7. The zero-order chi connectivity index (χ0) is 32.0. The number of rotatable bonds is 12. The summed E-state index contributed by atoms with van der Waals surface area (Å²) in [6, 6.07) is 17.8. The smallest absolute Gasteiger partial charge is 0.319 e. The Morgan fingerprint density at radius 3 is 2.53 bits per heavy atom. The lowest BCUT2D eigenvalue weighted by molar-refractivity contribution is -0.0416. The number of aliphatic hydroxyl groups is 2. The summed E-state index contributed by atoms with van der Waals surface area (Å²) in [6.07, 6.45) is 1.07. The summed E-state index contributed by atoms with van der Waals surface area (Å²) < 4.78 is 7.81. The topological polar surface area (TPSA) is 172 Å². The summed E-state index contributed by atoms with van der Waals surface area (Å²) in [4.78, 5) is 25.0. The maximum absolute atomic E-state index is 12.5. The highest BCUT2D eigenvalue weighted by molar-refractivity contribution is 5.89. The van der Waals surface area contributed by atoms with E-state index in [4.69, 9.17) is 10.5 Å². The number of ether oxygens (including phenoxy) is 1. The van der Waals surface area contributed by atoms with Crippen molar-refractivity contribution in [3.63, 3.8) is 0 Å². The molecule has 1 saturated heterocycles. The number of aliphatic hydroxyl groups excluding tert-OH is 2. The van der Waals surface area contributed by atoms with Gasteiger partial charge in [-0.1, -0.05) is 63.2 Å². The second kappa shape index (κ2) is 14.3. The number of amides is 2. The van der Waals surface area contributed by atoms with Gasteiger partial charge in [0.2, 0.25) is 0 Å². The largest absolute Gasteiger partial charge is 0.388 e. The summed E-state index contributed by atoms with van der Waals surface area (Å²) in [5, 5.41) is 31.3. The van der Waals surface area contributed by atoms with Gasteiger partial charge in [-0.05, 0) is 60.4 Å². The Balaban J connectivity index is 1.17. The first kappa shape index (κ1) is 32.3. The molecule has 4 aromatic rings. The van der Waals surface area contributed by atoms with Crippen LogP contribution in [-0.4, -0.2) is 67.2 Å². The molecule has 0 saturated carbocycles. The first-order valence-electron chi connectivity index (χ1n) is 15.4. The molecule has 5 atom stereocenters. The van der Waals surface area contributed by atoms with Crippen molar-refractivity contribution in [2.24, 2.45) is 5.92 Å². The molecule has 1 fully saturated rings. The minimum absolute atomic E-state index is 0.0448. The number of aromatic nitrogens is 4. The highest BCUT2D eigenvalue weighted by atomic mass is 16.6. The van der Waals surface area contributed by atoms with Gasteiger partial charge in [-0.25, -0.2) is 19.7 Å². The van der Waals surface area contributed by atoms with E-state index >= 15 is 0 Å². The zero-order valence-corrected chi connectivity index (χ0v) is 26.1. The second-order valence-corrected chi connectivity index (χ2v) is 12.7. The molecule has 12 heteroatoms. The van der Waals surface area contributed by atoms with Crippen molar-refractivity contribution in [1.29, 1.82) is 0 Å². The Bertz CT molecular complexity index is 1540. The normalized spacial score (nSPS) is 20.7. The lowest BCUT2D eigenvalue weighted by atomic mass is 9.87. The predicted molar refractivity (Wildman–Crippen MR) is 173 cm³/mol. The van der Waals surface area contributed by atoms with Gasteiger partial charge in [-0.2, -0.15) is 0 Å². The Hall–Kier alpha value is -4.10. The Morgan fingerprint density at radius 2 is 1.80 bits per heavy atom. The molecular weight excluding hydrogens is 572 g/mol. The summed E-state index contributed by atoms with van der Waals surface area (Å²) >= 11 is 0. The molecule has 7 N–H and O–H groups in total. The van der Waals surface area contributed by atoms with Crippen LogP contribution >= 0.6 is 0 Å². The van der Waals surface area contributed by atoms with E-state index in [1.54, 1.807) is 4.57 Å². The number of carbonyl (C=O) groups is 1. The van der Waals surface area contributed by atoms with E-state index in [-0.39, 0.29) is 23.2 Å². The fourth-order valence-electron chi connectivity index (χ4n) is 5.68. The molecule has 3 heterocycles. The van der Waals surface area contributed by atoms with Crippen molar-refractivity contribution in [3.05, 3.63) is 78.4 Å². The molecule has 1 aliphatic heterocycles. The van der Waals surface area contributed by atoms with Crippen LogP contribution < -0.4 is 21.7 Å². The van der Waals surface area contributed by atoms with Crippen LogP contribution in [0.2, 0.25) is 0 Å². The van der Waals surface area contributed by atoms with E-state index in [0.717, 1.165) is 18.5 Å². The molecule has 0 bridgehead atoms. The highest BCUT2D eigenvalue weighted by Gasteiger charge is 2.44. The maximum atomic E-state index is 12.5. The molecule has 0 aliphatic carbocycles. The summed E-state index contributed by atoms with van der Waals surface area (Å²) in [5.74, 6) is 0.334. The molecule has 2 aromatic heterocycles. The predicted octanol–water partition coefficient (Wildman–Crippen LogP) is 3.72. The van der Waals surface area contributed by atoms with Crippen LogP contribution in [0.15, 0.2) is 67.3 Å². The molecule has 5 unspecified atom stereocenters. The molecule has 240 valence electrons. The minimum Gasteiger partial charge on any atom is -0.388 e. The molecule has 2 aromatic carbocycles. The number of imidazole rings is 1. The number of hydrogen-bond donors (Lipinski definition) is 6. The molecule has 2 amide bonds. The van der Waals surface area contributed by atoms with Crippen molar-refractivity contribution in [3.8, 4) is 0 Å². The van der Waals surface area contributed by atoms with Gasteiger partial charge in [-0.15, -0.1) is 0 Å². The summed E-state index contributed by atoms with van der Waals surface area (Å²) in [6.45, 7) is 8.32. The number of nitrogens with two attached hydrogens (primary N) is 1. The fourth-order valence-corrected chi connectivity index (χ4v) is 5.68. The number of fused-ring (bicyclic) bond motifs is 1. The van der Waals surface area contributed by atoms with Gasteiger partial charge >= 0.3 is 6.03 Å². The first-order chi connectivity index (χ1) is 21.6. The van der Waals surface area contributed by atoms with Crippen LogP contribution in [0.3, 0.4) is 0 Å². The van der Waals surface area contributed by atoms with E-state index < -0.39 is 24.5 Å². The molecule has 0 spiro atoms. The van der Waals surface area contributed by atoms with Crippen LogP contribution in [0.5, 0.6) is 0 Å². The first-order valence-corrected chi connectivity index (χ1v) is 15.4. The number of nitrogen functional groups attached to an aromatic ring is 1. The van der Waals surface area contributed by atoms with Gasteiger partial charge in [0.15, 0.2) is 17.7 Å². The van der Waals surface area contributed by atoms with Crippen LogP contribution in [0.4, 0.5) is 16.3 Å². The van der Waals surface area contributed by atoms with E-state index in [2.05, 4.69) is 63.8 Å². The van der Waals surface area contributed by atoms with Crippen LogP contribution in [0.1, 0.15) is 57.4 Å². The van der Waals surface area contributed by atoms with Gasteiger partial charge < -0.3 is 36.6 Å². The van der Waals surface area contributed by atoms with Gasteiger partial charge in [-0.3, -0.25) is 4.57 Å². The molecule has 45 heavy (non-hydrogen) atoms. The van der Waals surface area contributed by atoms with Gasteiger partial charge in [0.05, 0.1) is 12.4 Å². The molecule has 1 aliphatic rings. The van der Waals surface area contributed by atoms with Crippen LogP contribution in [0.25, 0.3) is 11.2 Å². The van der Waals surface area contributed by atoms with Gasteiger partial charge in [0.1, 0.15) is 24.1 Å². The number of urea groups is 1. The maximum Gasteiger partial charge on any atom is 0.319 e. The van der Waals surface area contributed by atoms with E-state index in [1.807, 2.05) is 42.5 Å². The standard InChI is InChI=1S/C33H44N8O4/c1-33(2,3)23-11-13-24(14-12-23)40-32(44)36-15-7-10-22(18-35-17-21-8-5-4-6-9-21)16-25-27(42)28(43)31(45-25)41-20-39-26-29(34)37-19-38-30(26)41/h4-6,8-9,11-14,19-20,22,25,27-28,31,35,42-43H,7,10,15-18H2,1-3H3,(H2,34,37,38)(H2,36,40,44). The SMILES string of the molecule is CC(C)(C)c1ccc(NC(=O)NCCCC(CNCc2ccccc2)CC2OC(n3cnc4c(N)ncnc43)C(O)C2O)cc1. The van der Waals surface area contributed by atoms with E-state index in [9.17, 15) is 15.0 Å². The lowest BCUT2D eigenvalue weighted by Crippen LogP contribution is -2.35. The number of nitrogens with one attached hydrogen (secondary N) is 3. The summed E-state index contributed by atoms with van der Waals surface area (Å²) in [5.41, 5.74) is 9.92. The quantitative estimate of drug-likeness (QED) is 0.130. The van der Waals surface area contributed by atoms with Crippen molar-refractivity contribution in [2.45, 2.75) is 76.5 Å². The van der Waals surface area contributed by atoms with Gasteiger partial charge in [0.25, 0.3) is 0 Å².